The summed E-state index contributed by atoms with van der Waals surface area (Å²) in [6, 6.07) is 14.7. The highest BCUT2D eigenvalue weighted by atomic mass is 32.2. The summed E-state index contributed by atoms with van der Waals surface area (Å²) in [6.07, 6.45) is 7.26. The van der Waals surface area contributed by atoms with Gasteiger partial charge in [-0.15, -0.1) is 0 Å². The Labute approximate surface area is 248 Å². The first kappa shape index (κ1) is 30.6. The van der Waals surface area contributed by atoms with Gasteiger partial charge in [-0.3, -0.25) is 14.6 Å². The summed E-state index contributed by atoms with van der Waals surface area (Å²) in [6.45, 7) is 0.379. The Kier molecular flexibility index (Phi) is 11.0. The number of alkyl carbamates (subject to hydrolysis) is 1. The first-order valence-corrected chi connectivity index (χ1v) is 15.1. The normalized spacial score (nSPS) is 17.7. The first-order valence-electron chi connectivity index (χ1n) is 13.7. The molecule has 2 aliphatic rings. The lowest BCUT2D eigenvalue weighted by molar-refractivity contribution is -0.139. The molecule has 1 heterocycles. The molecule has 4 rings (SSSR count). The highest BCUT2D eigenvalue weighted by Gasteiger charge is 2.29. The fourth-order valence-electron chi connectivity index (χ4n) is 4.64. The number of carboxylic acid groups (broad SMARTS) is 1. The third-order valence-electron chi connectivity index (χ3n) is 6.87. The predicted molar refractivity (Wildman–Crippen MR) is 160 cm³/mol. The number of thioether (sulfide) groups is 1. The van der Waals surface area contributed by atoms with E-state index in [1.165, 1.54) is 11.8 Å². The Morgan fingerprint density at radius 2 is 1.86 bits per heavy atom. The van der Waals surface area contributed by atoms with E-state index in [9.17, 15) is 24.3 Å². The number of carboxylic acids is 1. The van der Waals surface area contributed by atoms with E-state index in [2.05, 4.69) is 28.1 Å². The van der Waals surface area contributed by atoms with Gasteiger partial charge in [0.15, 0.2) is 0 Å². The molecule has 42 heavy (non-hydrogen) atoms. The van der Waals surface area contributed by atoms with E-state index in [0.717, 1.165) is 29.8 Å². The summed E-state index contributed by atoms with van der Waals surface area (Å²) in [5, 5.41) is 17.7. The van der Waals surface area contributed by atoms with Crippen LogP contribution in [0, 0.1) is 0 Å². The smallest absolute Gasteiger partial charge is 0.408 e. The second-order valence-electron chi connectivity index (χ2n) is 10.0. The second-order valence-corrected chi connectivity index (χ2v) is 10.9. The van der Waals surface area contributed by atoms with Crippen molar-refractivity contribution in [2.24, 2.45) is 4.99 Å². The number of benzene rings is 2. The van der Waals surface area contributed by atoms with Gasteiger partial charge in [0.2, 0.25) is 5.91 Å². The fourth-order valence-corrected chi connectivity index (χ4v) is 5.07. The van der Waals surface area contributed by atoms with Crippen LogP contribution in [0.5, 0.6) is 0 Å². The van der Waals surface area contributed by atoms with E-state index >= 15 is 0 Å². The van der Waals surface area contributed by atoms with Crippen LogP contribution < -0.4 is 16.0 Å². The molecule has 0 fully saturated rings. The zero-order valence-electron chi connectivity index (χ0n) is 23.3. The van der Waals surface area contributed by atoms with Crippen molar-refractivity contribution >= 4 is 41.5 Å². The van der Waals surface area contributed by atoms with Crippen molar-refractivity contribution in [1.82, 2.24) is 20.9 Å². The lowest BCUT2D eigenvalue weighted by Crippen LogP contribution is -2.48. The number of carbonyl (C=O) groups excluding carboxylic acids is 3. The number of amidine groups is 1. The average Bonchev–Trinajstić information content (AvgIpc) is 3.41. The molecule has 3 amide bonds. The highest BCUT2D eigenvalue weighted by molar-refractivity contribution is 7.99. The first-order chi connectivity index (χ1) is 20.3. The Morgan fingerprint density at radius 3 is 2.55 bits per heavy atom. The topological polar surface area (TPSA) is 149 Å². The Morgan fingerprint density at radius 1 is 1.10 bits per heavy atom. The number of allylic oxidation sites excluding steroid dienone is 1. The van der Waals surface area contributed by atoms with Gasteiger partial charge < -0.3 is 30.7 Å². The zero-order valence-corrected chi connectivity index (χ0v) is 24.1. The maximum Gasteiger partial charge on any atom is 0.408 e. The fraction of sp³-hybridized carbons (Fsp3) is 0.367. The third-order valence-corrected chi connectivity index (χ3v) is 7.40. The zero-order chi connectivity index (χ0) is 29.9. The van der Waals surface area contributed by atoms with Gasteiger partial charge in [-0.1, -0.05) is 54.6 Å². The number of amides is 3. The molecule has 3 atom stereocenters. The van der Waals surface area contributed by atoms with E-state index in [-0.39, 0.29) is 31.1 Å². The van der Waals surface area contributed by atoms with Gasteiger partial charge in [-0.25, -0.2) is 9.59 Å². The van der Waals surface area contributed by atoms with Gasteiger partial charge in [0.1, 0.15) is 18.5 Å². The molecule has 4 N–H and O–H groups in total. The van der Waals surface area contributed by atoms with Crippen molar-refractivity contribution in [1.29, 1.82) is 0 Å². The van der Waals surface area contributed by atoms with Gasteiger partial charge >= 0.3 is 12.1 Å². The van der Waals surface area contributed by atoms with E-state index in [4.69, 9.17) is 9.73 Å². The minimum Gasteiger partial charge on any atom is -0.480 e. The Bertz CT molecular complexity index is 1320. The van der Waals surface area contributed by atoms with E-state index in [1.54, 1.807) is 53.4 Å². The van der Waals surface area contributed by atoms with E-state index in [0.29, 0.717) is 24.4 Å². The minimum absolute atomic E-state index is 0.00580. The number of nitrogens with one attached hydrogen (secondary N) is 3. The monoisotopic (exact) mass is 593 g/mol. The molecule has 0 radical (unpaired) electrons. The number of aliphatic carboxylic acids is 1. The molecule has 2 aromatic rings. The number of rotatable bonds is 13. The Balaban J connectivity index is 1.29. The average molecular weight is 594 g/mol. The molecule has 3 unspecified atom stereocenters. The summed E-state index contributed by atoms with van der Waals surface area (Å²) in [5.41, 5.74) is 1.91. The van der Waals surface area contributed by atoms with Crippen LogP contribution in [-0.2, 0) is 27.5 Å². The summed E-state index contributed by atoms with van der Waals surface area (Å²) in [7, 11) is 0. The molecule has 0 bridgehead atoms. The van der Waals surface area contributed by atoms with Crippen LogP contribution in [0.2, 0.25) is 0 Å². The maximum absolute atomic E-state index is 12.9. The van der Waals surface area contributed by atoms with Crippen molar-refractivity contribution in [2.45, 2.75) is 44.1 Å². The van der Waals surface area contributed by atoms with E-state index in [1.807, 2.05) is 12.3 Å². The van der Waals surface area contributed by atoms with Crippen LogP contribution >= 0.6 is 11.8 Å². The van der Waals surface area contributed by atoms with Gasteiger partial charge in [0, 0.05) is 18.7 Å². The molecule has 1 aliphatic carbocycles. The van der Waals surface area contributed by atoms with Gasteiger partial charge in [-0.05, 0) is 42.4 Å². The molecule has 1 aliphatic heterocycles. The number of hydrogen-bond donors (Lipinski definition) is 4. The molecule has 0 saturated heterocycles. The number of ether oxygens (including phenoxy) is 1. The summed E-state index contributed by atoms with van der Waals surface area (Å²) in [5.74, 6) is -0.669. The lowest BCUT2D eigenvalue weighted by atomic mass is 9.99. The van der Waals surface area contributed by atoms with Gasteiger partial charge in [0.05, 0.1) is 24.4 Å². The second kappa shape index (κ2) is 15.1. The maximum atomic E-state index is 12.9. The SMILES string of the molecule is CSCC(=O)N(CC1=NC2C=CCCC2N1)Cc1ccc(C(=O)NCC(NC(=O)OCc2ccccc2)C(=O)O)cc1. The summed E-state index contributed by atoms with van der Waals surface area (Å²) >= 11 is 1.46. The molecule has 11 nitrogen and oxygen atoms in total. The van der Waals surface area contributed by atoms with Crippen LogP contribution in [0.4, 0.5) is 4.79 Å². The number of hydrogen-bond acceptors (Lipinski definition) is 8. The number of fused-ring (bicyclic) bond motifs is 1. The van der Waals surface area contributed by atoms with Crippen molar-refractivity contribution in [2.75, 3.05) is 25.1 Å². The summed E-state index contributed by atoms with van der Waals surface area (Å²) < 4.78 is 5.07. The minimum atomic E-state index is -1.38. The molecule has 12 heteroatoms. The van der Waals surface area contributed by atoms with Crippen LogP contribution in [0.25, 0.3) is 0 Å². The molecular formula is C30H35N5O6S. The molecule has 0 aromatic heterocycles. The number of carbonyl (C=O) groups is 4. The van der Waals surface area contributed by atoms with E-state index < -0.39 is 24.0 Å². The van der Waals surface area contributed by atoms with Gasteiger partial charge in [-0.2, -0.15) is 11.8 Å². The highest BCUT2D eigenvalue weighted by Crippen LogP contribution is 2.20. The standard InChI is InChI=1S/C30H35N5O6S/c1-42-19-27(36)35(17-26-32-23-9-5-6-10-24(23)33-26)16-20-11-13-22(14-12-20)28(37)31-15-25(29(38)39)34-30(40)41-18-21-7-3-2-4-8-21/h2-5,7-9,11-14,23-25H,6,10,15-19H2,1H3,(H,31,37)(H,32,33)(H,34,40)(H,38,39). The summed E-state index contributed by atoms with van der Waals surface area (Å²) in [4.78, 5) is 55.8. The molecule has 0 spiro atoms. The van der Waals surface area contributed by atoms with Crippen LogP contribution in [0.1, 0.15) is 34.3 Å². The lowest BCUT2D eigenvalue weighted by Gasteiger charge is -2.24. The number of nitrogens with zero attached hydrogens (tertiary/aromatic N) is 2. The number of aliphatic imine (C=N–C) groups is 1. The predicted octanol–water partition coefficient (Wildman–Crippen LogP) is 2.58. The van der Waals surface area contributed by atoms with Crippen LogP contribution in [0.3, 0.4) is 0 Å². The molecular weight excluding hydrogens is 558 g/mol. The molecule has 0 saturated carbocycles. The Hall–Kier alpha value is -4.32. The van der Waals surface area contributed by atoms with Crippen molar-refractivity contribution < 1.29 is 29.0 Å². The molecule has 222 valence electrons. The third kappa shape index (κ3) is 8.84. The van der Waals surface area contributed by atoms with Crippen molar-refractivity contribution in [3.63, 3.8) is 0 Å². The van der Waals surface area contributed by atoms with Gasteiger partial charge in [0.25, 0.3) is 5.91 Å². The van der Waals surface area contributed by atoms with Crippen LogP contribution in [0.15, 0.2) is 71.7 Å². The van der Waals surface area contributed by atoms with Crippen molar-refractivity contribution in [3.8, 4) is 0 Å². The largest absolute Gasteiger partial charge is 0.480 e. The van der Waals surface area contributed by atoms with Crippen LogP contribution in [-0.4, -0.2) is 82.9 Å². The quantitative estimate of drug-likeness (QED) is 0.259. The van der Waals surface area contributed by atoms with Crippen molar-refractivity contribution in [3.05, 3.63) is 83.4 Å². The molecule has 2 aromatic carbocycles.